The number of hydrogen-bond donors (Lipinski definition) is 1. The number of phenolic OH excluding ortho intramolecular Hbond substituents is 1. The van der Waals surface area contributed by atoms with E-state index in [4.69, 9.17) is 28.1 Å². The first-order valence-corrected chi connectivity index (χ1v) is 10.8. The minimum atomic E-state index is -0.624. The van der Waals surface area contributed by atoms with Crippen molar-refractivity contribution in [3.63, 3.8) is 0 Å². The second-order valence-corrected chi connectivity index (χ2v) is 8.66. The number of methoxy groups -OCH3 is 3. The zero-order valence-electron chi connectivity index (χ0n) is 20.1. The van der Waals surface area contributed by atoms with E-state index < -0.39 is 23.2 Å². The van der Waals surface area contributed by atoms with Crippen LogP contribution in [0.25, 0.3) is 11.0 Å². The van der Waals surface area contributed by atoms with Crippen molar-refractivity contribution in [3.8, 4) is 34.5 Å². The average Bonchev–Trinajstić information content (AvgIpc) is 2.83. The van der Waals surface area contributed by atoms with Gasteiger partial charge in [-0.25, -0.2) is 4.79 Å². The summed E-state index contributed by atoms with van der Waals surface area (Å²) in [5.74, 6) is 1.39. The molecule has 1 N–H and O–H groups in total. The second-order valence-electron chi connectivity index (χ2n) is 8.66. The standard InChI is InChI=1S/C26H28O8/c1-8-26(3,4)16-9-14-12-19(31-7)23-24(22(14)34-25(16)28)33-21(13(2)32-23)15-10-17(29-5)20(27)18(11-15)30-6/h8-13,21,27H,1H2,2-7H3. The third kappa shape index (κ3) is 3.69. The fraction of sp³-hybridized carbons (Fsp3) is 0.346. The number of fused-ring (bicyclic) bond motifs is 3. The molecule has 0 amide bonds. The Balaban J connectivity index is 1.91. The molecule has 0 saturated carbocycles. The number of aromatic hydroxyl groups is 1. The summed E-state index contributed by atoms with van der Waals surface area (Å²) in [7, 11) is 4.43. The number of allylic oxidation sites excluding steroid dienone is 1. The first-order chi connectivity index (χ1) is 16.1. The largest absolute Gasteiger partial charge is 0.502 e. The number of ether oxygens (including phenoxy) is 5. The summed E-state index contributed by atoms with van der Waals surface area (Å²) in [5, 5.41) is 10.9. The Morgan fingerprint density at radius 1 is 0.971 bits per heavy atom. The smallest absolute Gasteiger partial charge is 0.340 e. The van der Waals surface area contributed by atoms with Crippen LogP contribution in [-0.2, 0) is 5.41 Å². The normalized spacial score (nSPS) is 17.4. The van der Waals surface area contributed by atoms with Gasteiger partial charge in [-0.15, -0.1) is 6.58 Å². The van der Waals surface area contributed by atoms with Crippen molar-refractivity contribution in [1.29, 1.82) is 0 Å². The van der Waals surface area contributed by atoms with Crippen LogP contribution < -0.4 is 29.3 Å². The van der Waals surface area contributed by atoms with E-state index in [2.05, 4.69) is 6.58 Å². The molecule has 0 saturated heterocycles. The van der Waals surface area contributed by atoms with Gasteiger partial charge in [-0.05, 0) is 31.2 Å². The van der Waals surface area contributed by atoms with Gasteiger partial charge in [0.25, 0.3) is 0 Å². The van der Waals surface area contributed by atoms with Crippen molar-refractivity contribution in [1.82, 2.24) is 0 Å². The Labute approximate surface area is 197 Å². The van der Waals surface area contributed by atoms with E-state index in [0.717, 1.165) is 0 Å². The third-order valence-corrected chi connectivity index (χ3v) is 6.13. The van der Waals surface area contributed by atoms with Crippen LogP contribution in [0.5, 0.6) is 34.5 Å². The van der Waals surface area contributed by atoms with Crippen molar-refractivity contribution in [2.24, 2.45) is 0 Å². The molecular formula is C26H28O8. The highest BCUT2D eigenvalue weighted by Gasteiger charge is 2.36. The predicted octanol–water partition coefficient (Wildman–Crippen LogP) is 4.89. The molecule has 0 spiro atoms. The van der Waals surface area contributed by atoms with Gasteiger partial charge in [0, 0.05) is 21.9 Å². The molecular weight excluding hydrogens is 440 g/mol. The minimum absolute atomic E-state index is 0.117. The summed E-state index contributed by atoms with van der Waals surface area (Å²) < 4.78 is 34.5. The fourth-order valence-corrected chi connectivity index (χ4v) is 4.01. The highest BCUT2D eigenvalue weighted by atomic mass is 16.6. The number of phenols is 1. The molecule has 1 aliphatic rings. The maximum absolute atomic E-state index is 12.9. The highest BCUT2D eigenvalue weighted by Crippen LogP contribution is 2.51. The van der Waals surface area contributed by atoms with E-state index in [-0.39, 0.29) is 28.6 Å². The highest BCUT2D eigenvalue weighted by molar-refractivity contribution is 5.89. The predicted molar refractivity (Wildman–Crippen MR) is 127 cm³/mol. The lowest BCUT2D eigenvalue weighted by atomic mass is 9.85. The SMILES string of the molecule is C=CC(C)(C)c1cc2cc(OC)c3c(c2oc1=O)OC(c1cc(OC)c(O)c(OC)c1)C(C)O3. The first-order valence-electron chi connectivity index (χ1n) is 10.8. The lowest BCUT2D eigenvalue weighted by Gasteiger charge is -2.33. The summed E-state index contributed by atoms with van der Waals surface area (Å²) in [5.41, 5.74) is 0.278. The third-order valence-electron chi connectivity index (χ3n) is 6.13. The molecule has 3 aromatic rings. The van der Waals surface area contributed by atoms with E-state index in [9.17, 15) is 9.90 Å². The molecule has 2 unspecified atom stereocenters. The van der Waals surface area contributed by atoms with Crippen molar-refractivity contribution in [2.45, 2.75) is 38.4 Å². The summed E-state index contributed by atoms with van der Waals surface area (Å²) in [4.78, 5) is 12.9. The average molecular weight is 469 g/mol. The summed E-state index contributed by atoms with van der Waals surface area (Å²) in [6, 6.07) is 6.81. The van der Waals surface area contributed by atoms with Gasteiger partial charge in [-0.1, -0.05) is 19.9 Å². The van der Waals surface area contributed by atoms with E-state index in [1.54, 1.807) is 30.3 Å². The molecule has 180 valence electrons. The lowest BCUT2D eigenvalue weighted by Crippen LogP contribution is -2.31. The topological polar surface area (TPSA) is 96.6 Å². The fourth-order valence-electron chi connectivity index (χ4n) is 4.01. The van der Waals surface area contributed by atoms with Crippen molar-refractivity contribution >= 4 is 11.0 Å². The number of hydrogen-bond acceptors (Lipinski definition) is 8. The molecule has 2 aromatic carbocycles. The van der Waals surface area contributed by atoms with Gasteiger partial charge in [0.15, 0.2) is 28.9 Å². The van der Waals surface area contributed by atoms with Gasteiger partial charge >= 0.3 is 5.63 Å². The molecule has 1 aliphatic heterocycles. The van der Waals surface area contributed by atoms with Gasteiger partial charge in [-0.2, -0.15) is 0 Å². The number of benzene rings is 2. The Hall–Kier alpha value is -3.81. The Bertz CT molecular complexity index is 1300. The molecule has 1 aromatic heterocycles. The molecule has 2 atom stereocenters. The van der Waals surface area contributed by atoms with Crippen LogP contribution in [0.2, 0.25) is 0 Å². The Morgan fingerprint density at radius 3 is 2.15 bits per heavy atom. The van der Waals surface area contributed by atoms with E-state index in [1.807, 2.05) is 20.8 Å². The first kappa shape index (κ1) is 23.4. The molecule has 4 rings (SSSR count). The van der Waals surface area contributed by atoms with Crippen molar-refractivity contribution in [2.75, 3.05) is 21.3 Å². The van der Waals surface area contributed by atoms with Crippen molar-refractivity contribution < 1.29 is 33.2 Å². The van der Waals surface area contributed by atoms with Gasteiger partial charge in [0.2, 0.25) is 17.2 Å². The van der Waals surface area contributed by atoms with Gasteiger partial charge in [-0.3, -0.25) is 0 Å². The zero-order chi connectivity index (χ0) is 24.8. The summed E-state index contributed by atoms with van der Waals surface area (Å²) in [6.45, 7) is 9.45. The minimum Gasteiger partial charge on any atom is -0.502 e. The van der Waals surface area contributed by atoms with E-state index in [1.165, 1.54) is 21.3 Å². The quantitative estimate of drug-likeness (QED) is 0.404. The van der Waals surface area contributed by atoms with Gasteiger partial charge in [0.1, 0.15) is 6.10 Å². The molecule has 2 heterocycles. The number of rotatable bonds is 6. The second kappa shape index (κ2) is 8.52. The van der Waals surface area contributed by atoms with Crippen LogP contribution in [0.1, 0.15) is 38.0 Å². The van der Waals surface area contributed by atoms with Crippen molar-refractivity contribution in [3.05, 3.63) is 58.5 Å². The molecule has 0 aliphatic carbocycles. The Morgan fingerprint density at radius 2 is 1.59 bits per heavy atom. The molecule has 8 nitrogen and oxygen atoms in total. The van der Waals surface area contributed by atoms with E-state index in [0.29, 0.717) is 28.0 Å². The van der Waals surface area contributed by atoms with Crippen LogP contribution in [0, 0.1) is 0 Å². The molecule has 0 bridgehead atoms. The Kier molecular flexibility index (Phi) is 5.85. The van der Waals surface area contributed by atoms with Crippen LogP contribution in [0.4, 0.5) is 0 Å². The van der Waals surface area contributed by atoms with Crippen LogP contribution in [0.3, 0.4) is 0 Å². The molecule has 8 heteroatoms. The maximum atomic E-state index is 12.9. The molecule has 34 heavy (non-hydrogen) atoms. The zero-order valence-corrected chi connectivity index (χ0v) is 20.1. The van der Waals surface area contributed by atoms with E-state index >= 15 is 0 Å². The molecule has 0 fully saturated rings. The van der Waals surface area contributed by atoms with Gasteiger partial charge in [0.05, 0.1) is 21.3 Å². The summed E-state index contributed by atoms with van der Waals surface area (Å²) in [6.07, 6.45) is 0.619. The van der Waals surface area contributed by atoms with Crippen LogP contribution in [0.15, 0.2) is 46.1 Å². The monoisotopic (exact) mass is 468 g/mol. The van der Waals surface area contributed by atoms with Crippen LogP contribution in [-0.4, -0.2) is 32.5 Å². The van der Waals surface area contributed by atoms with Gasteiger partial charge < -0.3 is 33.2 Å². The summed E-state index contributed by atoms with van der Waals surface area (Å²) >= 11 is 0. The maximum Gasteiger partial charge on any atom is 0.340 e. The van der Waals surface area contributed by atoms with Crippen LogP contribution >= 0.6 is 0 Å². The lowest BCUT2D eigenvalue weighted by molar-refractivity contribution is 0.0284. The molecule has 0 radical (unpaired) electrons.